The summed E-state index contributed by atoms with van der Waals surface area (Å²) in [7, 11) is 0. The number of anilines is 1. The van der Waals surface area contributed by atoms with Crippen LogP contribution in [0.4, 0.5) is 5.69 Å². The second kappa shape index (κ2) is 6.46. The van der Waals surface area contributed by atoms with Crippen LogP contribution < -0.4 is 5.73 Å². The second-order valence-electron chi connectivity index (χ2n) is 6.17. The molecule has 0 bridgehead atoms. The van der Waals surface area contributed by atoms with E-state index in [0.717, 1.165) is 22.7 Å². The lowest BCUT2D eigenvalue weighted by atomic mass is 10.1. The zero-order valence-electron chi connectivity index (χ0n) is 12.0. The Balaban J connectivity index is 1.57. The summed E-state index contributed by atoms with van der Waals surface area (Å²) in [6, 6.07) is 7.02. The van der Waals surface area contributed by atoms with Crippen LogP contribution in [0.15, 0.2) is 22.7 Å². The molecule has 2 aliphatic heterocycles. The van der Waals surface area contributed by atoms with Gasteiger partial charge in [-0.3, -0.25) is 9.80 Å². The van der Waals surface area contributed by atoms with E-state index in [1.165, 1.54) is 57.4 Å². The fourth-order valence-corrected chi connectivity index (χ4v) is 4.12. The molecule has 4 heteroatoms. The molecule has 0 amide bonds. The predicted molar refractivity (Wildman–Crippen MR) is 87.7 cm³/mol. The van der Waals surface area contributed by atoms with Crippen LogP contribution >= 0.6 is 15.9 Å². The molecule has 2 fully saturated rings. The Bertz CT molecular complexity index is 437. The Morgan fingerprint density at radius 1 is 1.10 bits per heavy atom. The summed E-state index contributed by atoms with van der Waals surface area (Å²) >= 11 is 3.53. The van der Waals surface area contributed by atoms with Crippen molar-refractivity contribution in [1.29, 1.82) is 0 Å². The van der Waals surface area contributed by atoms with Gasteiger partial charge in [0.1, 0.15) is 0 Å². The molecule has 2 aliphatic rings. The highest BCUT2D eigenvalue weighted by atomic mass is 79.9. The summed E-state index contributed by atoms with van der Waals surface area (Å²) in [5.74, 6) is 0. The van der Waals surface area contributed by atoms with Crippen LogP contribution in [0.25, 0.3) is 0 Å². The van der Waals surface area contributed by atoms with Gasteiger partial charge in [-0.25, -0.2) is 0 Å². The number of rotatable bonds is 3. The maximum absolute atomic E-state index is 5.92. The number of likely N-dealkylation sites (tertiary alicyclic amines) is 2. The number of nitrogens with zero attached hydrogens (tertiary/aromatic N) is 2. The number of hydrogen-bond acceptors (Lipinski definition) is 3. The van der Waals surface area contributed by atoms with Gasteiger partial charge in [0, 0.05) is 35.8 Å². The maximum atomic E-state index is 5.92. The molecule has 3 nitrogen and oxygen atoms in total. The Labute approximate surface area is 130 Å². The van der Waals surface area contributed by atoms with Crippen molar-refractivity contribution in [2.45, 2.75) is 38.3 Å². The van der Waals surface area contributed by atoms with Gasteiger partial charge in [-0.2, -0.15) is 0 Å². The molecular formula is C16H24BrN3. The normalized spacial score (nSPS) is 25.1. The van der Waals surface area contributed by atoms with Crippen molar-refractivity contribution in [3.05, 3.63) is 28.2 Å². The first-order valence-corrected chi connectivity index (χ1v) is 8.51. The van der Waals surface area contributed by atoms with Crippen LogP contribution in [-0.2, 0) is 6.54 Å². The van der Waals surface area contributed by atoms with Crippen molar-refractivity contribution in [2.24, 2.45) is 0 Å². The fraction of sp³-hybridized carbons (Fsp3) is 0.625. The zero-order valence-corrected chi connectivity index (χ0v) is 13.6. The molecule has 1 atom stereocenters. The maximum Gasteiger partial charge on any atom is 0.0328 e. The fourth-order valence-electron chi connectivity index (χ4n) is 3.56. The Hall–Kier alpha value is -0.580. The van der Waals surface area contributed by atoms with Gasteiger partial charge in [-0.1, -0.05) is 22.4 Å². The number of halogens is 1. The van der Waals surface area contributed by atoms with Crippen LogP contribution in [0.3, 0.4) is 0 Å². The molecular weight excluding hydrogens is 314 g/mol. The van der Waals surface area contributed by atoms with Gasteiger partial charge in [0.25, 0.3) is 0 Å². The van der Waals surface area contributed by atoms with Crippen LogP contribution in [0.5, 0.6) is 0 Å². The minimum Gasteiger partial charge on any atom is -0.399 e. The standard InChI is InChI=1S/C16H24BrN3/c17-14-8-13(9-15(18)10-14)11-19-7-4-16(12-19)20-5-2-1-3-6-20/h8-10,16H,1-7,11-12,18H2. The SMILES string of the molecule is Nc1cc(Br)cc(CN2CCC(N3CCCCC3)C2)c1. The van der Waals surface area contributed by atoms with E-state index in [1.807, 2.05) is 6.07 Å². The molecule has 0 spiro atoms. The first kappa shape index (κ1) is 14.4. The van der Waals surface area contributed by atoms with Gasteiger partial charge in [0.05, 0.1) is 0 Å². The highest BCUT2D eigenvalue weighted by molar-refractivity contribution is 9.10. The highest BCUT2D eigenvalue weighted by Gasteiger charge is 2.28. The van der Waals surface area contributed by atoms with Crippen molar-refractivity contribution in [3.8, 4) is 0 Å². The lowest BCUT2D eigenvalue weighted by Crippen LogP contribution is -2.40. The second-order valence-corrected chi connectivity index (χ2v) is 7.08. The van der Waals surface area contributed by atoms with Gasteiger partial charge in [0.2, 0.25) is 0 Å². The lowest BCUT2D eigenvalue weighted by molar-refractivity contribution is 0.161. The predicted octanol–water partition coefficient (Wildman–Crippen LogP) is 3.09. The van der Waals surface area contributed by atoms with E-state index in [2.05, 4.69) is 37.9 Å². The van der Waals surface area contributed by atoms with Crippen molar-refractivity contribution in [3.63, 3.8) is 0 Å². The molecule has 0 radical (unpaired) electrons. The van der Waals surface area contributed by atoms with Gasteiger partial charge in [0.15, 0.2) is 0 Å². The number of piperidine rings is 1. The van der Waals surface area contributed by atoms with E-state index in [9.17, 15) is 0 Å². The molecule has 0 aliphatic carbocycles. The van der Waals surface area contributed by atoms with E-state index >= 15 is 0 Å². The summed E-state index contributed by atoms with van der Waals surface area (Å²) < 4.78 is 1.08. The first-order chi connectivity index (χ1) is 9.70. The summed E-state index contributed by atoms with van der Waals surface area (Å²) in [4.78, 5) is 5.28. The molecule has 110 valence electrons. The smallest absolute Gasteiger partial charge is 0.0328 e. The van der Waals surface area contributed by atoms with Crippen LogP contribution in [0, 0.1) is 0 Å². The molecule has 20 heavy (non-hydrogen) atoms. The summed E-state index contributed by atoms with van der Waals surface area (Å²) in [5, 5.41) is 0. The topological polar surface area (TPSA) is 32.5 Å². The molecule has 2 N–H and O–H groups in total. The number of nitrogen functional groups attached to an aromatic ring is 1. The molecule has 2 saturated heterocycles. The molecule has 0 saturated carbocycles. The Kier molecular flexibility index (Phi) is 4.64. The largest absolute Gasteiger partial charge is 0.399 e. The monoisotopic (exact) mass is 337 g/mol. The van der Waals surface area contributed by atoms with E-state index in [4.69, 9.17) is 5.73 Å². The van der Waals surface area contributed by atoms with Gasteiger partial charge >= 0.3 is 0 Å². The van der Waals surface area contributed by atoms with Crippen molar-refractivity contribution in [2.75, 3.05) is 31.9 Å². The third-order valence-corrected chi connectivity index (χ3v) is 5.00. The average molecular weight is 338 g/mol. The van der Waals surface area contributed by atoms with Crippen LogP contribution in [-0.4, -0.2) is 42.0 Å². The van der Waals surface area contributed by atoms with E-state index in [1.54, 1.807) is 0 Å². The molecule has 2 heterocycles. The van der Waals surface area contributed by atoms with E-state index in [0.29, 0.717) is 0 Å². The van der Waals surface area contributed by atoms with E-state index < -0.39 is 0 Å². The number of nitrogens with two attached hydrogens (primary N) is 1. The molecule has 0 aromatic heterocycles. The minimum atomic E-state index is 0.778. The summed E-state index contributed by atoms with van der Waals surface area (Å²) in [5.41, 5.74) is 8.09. The molecule has 3 rings (SSSR count). The molecule has 1 aromatic rings. The van der Waals surface area contributed by atoms with Gasteiger partial charge in [-0.05, 0) is 56.1 Å². The first-order valence-electron chi connectivity index (χ1n) is 7.72. The Morgan fingerprint density at radius 3 is 2.65 bits per heavy atom. The molecule has 1 unspecified atom stereocenters. The van der Waals surface area contributed by atoms with E-state index in [-0.39, 0.29) is 0 Å². The van der Waals surface area contributed by atoms with Crippen molar-refractivity contribution < 1.29 is 0 Å². The van der Waals surface area contributed by atoms with Gasteiger partial charge in [-0.15, -0.1) is 0 Å². The van der Waals surface area contributed by atoms with Crippen molar-refractivity contribution in [1.82, 2.24) is 9.80 Å². The van der Waals surface area contributed by atoms with Crippen LogP contribution in [0.2, 0.25) is 0 Å². The number of benzene rings is 1. The Morgan fingerprint density at radius 2 is 1.90 bits per heavy atom. The minimum absolute atomic E-state index is 0.778. The van der Waals surface area contributed by atoms with Crippen molar-refractivity contribution >= 4 is 21.6 Å². The summed E-state index contributed by atoms with van der Waals surface area (Å²) in [6.07, 6.45) is 5.52. The lowest BCUT2D eigenvalue weighted by Gasteiger charge is -2.32. The zero-order chi connectivity index (χ0) is 13.9. The molecule has 1 aromatic carbocycles. The quantitative estimate of drug-likeness (QED) is 0.860. The third-order valence-electron chi connectivity index (χ3n) is 4.54. The summed E-state index contributed by atoms with van der Waals surface area (Å²) in [6.45, 7) is 6.07. The van der Waals surface area contributed by atoms with Crippen LogP contribution in [0.1, 0.15) is 31.2 Å². The number of hydrogen-bond donors (Lipinski definition) is 1. The highest BCUT2D eigenvalue weighted by Crippen LogP contribution is 2.23. The van der Waals surface area contributed by atoms with Gasteiger partial charge < -0.3 is 5.73 Å². The average Bonchev–Trinajstić information content (AvgIpc) is 2.87. The third kappa shape index (κ3) is 3.54.